The Bertz CT molecular complexity index is 951. The van der Waals surface area contributed by atoms with Crippen molar-refractivity contribution >= 4 is 11.7 Å². The molecule has 1 unspecified atom stereocenters. The normalized spacial score (nSPS) is 16.7. The van der Waals surface area contributed by atoms with Crippen molar-refractivity contribution in [3.63, 3.8) is 0 Å². The van der Waals surface area contributed by atoms with Crippen LogP contribution in [0.1, 0.15) is 45.0 Å². The quantitative estimate of drug-likeness (QED) is 0.707. The summed E-state index contributed by atoms with van der Waals surface area (Å²) in [6.45, 7) is 8.38. The molecule has 0 bridgehead atoms. The molecule has 0 aliphatic carbocycles. The van der Waals surface area contributed by atoms with Gasteiger partial charge in [0.15, 0.2) is 11.5 Å². The van der Waals surface area contributed by atoms with Crippen LogP contribution in [0.4, 0.5) is 0 Å². The van der Waals surface area contributed by atoms with Crippen LogP contribution in [0.25, 0.3) is 0 Å². The fourth-order valence-corrected chi connectivity index (χ4v) is 3.43. The van der Waals surface area contributed by atoms with E-state index in [-0.39, 0.29) is 23.8 Å². The molecule has 2 heterocycles. The summed E-state index contributed by atoms with van der Waals surface area (Å²) in [6.07, 6.45) is 1.65. The number of hydrogen-bond donors (Lipinski definition) is 1. The first-order valence-corrected chi connectivity index (χ1v) is 10.2. The summed E-state index contributed by atoms with van der Waals surface area (Å²) >= 11 is 0. The molecular weight excluding hydrogens is 380 g/mol. The van der Waals surface area contributed by atoms with Gasteiger partial charge in [-0.25, -0.2) is 0 Å². The minimum Gasteiger partial charge on any atom is -0.503 e. The number of aliphatic hydroxyl groups excluding tert-OH is 1. The van der Waals surface area contributed by atoms with Gasteiger partial charge in [0.1, 0.15) is 5.75 Å². The van der Waals surface area contributed by atoms with Crippen molar-refractivity contribution < 1.29 is 19.4 Å². The first-order valence-electron chi connectivity index (χ1n) is 10.2. The standard InChI is InChI=1S/C24H28N2O4/c1-15(2)14-30-19-10-7-8-17(12-19)21-20(22(27)16(3)4)23(28)24(29)26(21)13-18-9-5-6-11-25-18/h5-12,15-16,21,28H,13-14H2,1-4H3. The minimum absolute atomic E-state index is 0.131. The monoisotopic (exact) mass is 408 g/mol. The van der Waals surface area contributed by atoms with Crippen molar-refractivity contribution in [1.29, 1.82) is 0 Å². The Morgan fingerprint density at radius 1 is 1.17 bits per heavy atom. The van der Waals surface area contributed by atoms with Crippen molar-refractivity contribution in [2.24, 2.45) is 11.8 Å². The van der Waals surface area contributed by atoms with Crippen LogP contribution in [-0.2, 0) is 16.1 Å². The first kappa shape index (κ1) is 21.6. The average Bonchev–Trinajstić information content (AvgIpc) is 2.97. The lowest BCUT2D eigenvalue weighted by molar-refractivity contribution is -0.130. The van der Waals surface area contributed by atoms with E-state index in [0.717, 1.165) is 0 Å². The predicted octanol–water partition coefficient (Wildman–Crippen LogP) is 4.24. The van der Waals surface area contributed by atoms with E-state index in [1.54, 1.807) is 26.1 Å². The molecule has 0 saturated heterocycles. The van der Waals surface area contributed by atoms with Gasteiger partial charge in [0.05, 0.1) is 30.5 Å². The van der Waals surface area contributed by atoms with Gasteiger partial charge in [-0.15, -0.1) is 0 Å². The second-order valence-corrected chi connectivity index (χ2v) is 8.22. The molecule has 6 nitrogen and oxygen atoms in total. The van der Waals surface area contributed by atoms with Gasteiger partial charge in [-0.3, -0.25) is 14.6 Å². The number of aliphatic hydroxyl groups is 1. The SMILES string of the molecule is CC(C)COc1cccc(C2C(C(=O)C(C)C)=C(O)C(=O)N2Cc2ccccn2)c1. The van der Waals surface area contributed by atoms with Gasteiger partial charge >= 0.3 is 0 Å². The molecule has 1 aliphatic heterocycles. The van der Waals surface area contributed by atoms with Crippen LogP contribution in [0.3, 0.4) is 0 Å². The molecule has 0 fully saturated rings. The number of carbonyl (C=O) groups is 2. The van der Waals surface area contributed by atoms with E-state index in [2.05, 4.69) is 18.8 Å². The van der Waals surface area contributed by atoms with Crippen LogP contribution in [0.2, 0.25) is 0 Å². The molecule has 3 rings (SSSR count). The first-order chi connectivity index (χ1) is 14.3. The van der Waals surface area contributed by atoms with Crippen LogP contribution in [-0.4, -0.2) is 33.3 Å². The molecule has 0 radical (unpaired) electrons. The Balaban J connectivity index is 2.03. The van der Waals surface area contributed by atoms with Gasteiger partial charge in [0.25, 0.3) is 5.91 Å². The number of ketones is 1. The zero-order valence-electron chi connectivity index (χ0n) is 17.8. The topological polar surface area (TPSA) is 79.7 Å². The van der Waals surface area contributed by atoms with Gasteiger partial charge in [0, 0.05) is 12.1 Å². The van der Waals surface area contributed by atoms with Crippen molar-refractivity contribution in [3.8, 4) is 5.75 Å². The van der Waals surface area contributed by atoms with E-state index in [1.807, 2.05) is 36.4 Å². The number of Topliss-reactive ketones (excluding diaryl/α,β-unsaturated/α-hetero) is 1. The maximum Gasteiger partial charge on any atom is 0.290 e. The number of carbonyl (C=O) groups excluding carboxylic acids is 2. The van der Waals surface area contributed by atoms with Crippen LogP contribution in [0, 0.1) is 11.8 Å². The number of rotatable bonds is 8. The van der Waals surface area contributed by atoms with Crippen molar-refractivity contribution in [2.75, 3.05) is 6.61 Å². The highest BCUT2D eigenvalue weighted by atomic mass is 16.5. The number of pyridine rings is 1. The lowest BCUT2D eigenvalue weighted by atomic mass is 9.91. The van der Waals surface area contributed by atoms with Gasteiger partial charge in [-0.2, -0.15) is 0 Å². The lowest BCUT2D eigenvalue weighted by Crippen LogP contribution is -2.31. The highest BCUT2D eigenvalue weighted by Crippen LogP contribution is 2.40. The molecule has 1 atom stereocenters. The van der Waals surface area contributed by atoms with Crippen LogP contribution in [0.5, 0.6) is 5.75 Å². The Kier molecular flexibility index (Phi) is 6.55. The molecular formula is C24H28N2O4. The van der Waals surface area contributed by atoms with E-state index >= 15 is 0 Å². The third-order valence-electron chi connectivity index (χ3n) is 4.91. The number of amides is 1. The maximum atomic E-state index is 12.9. The van der Waals surface area contributed by atoms with E-state index in [0.29, 0.717) is 29.5 Å². The Morgan fingerprint density at radius 3 is 2.57 bits per heavy atom. The van der Waals surface area contributed by atoms with Crippen LogP contribution >= 0.6 is 0 Å². The summed E-state index contributed by atoms with van der Waals surface area (Å²) in [4.78, 5) is 31.7. The number of aromatic nitrogens is 1. The zero-order valence-corrected chi connectivity index (χ0v) is 17.8. The molecule has 158 valence electrons. The maximum absolute atomic E-state index is 12.9. The van der Waals surface area contributed by atoms with Crippen LogP contribution in [0.15, 0.2) is 60.0 Å². The second kappa shape index (κ2) is 9.11. The summed E-state index contributed by atoms with van der Waals surface area (Å²) in [7, 11) is 0. The molecule has 1 aliphatic rings. The largest absolute Gasteiger partial charge is 0.503 e. The van der Waals surface area contributed by atoms with Crippen LogP contribution < -0.4 is 4.74 Å². The summed E-state index contributed by atoms with van der Waals surface area (Å²) in [6, 6.07) is 12.1. The number of hydrogen-bond acceptors (Lipinski definition) is 5. The van der Waals surface area contributed by atoms with Crippen molar-refractivity contribution in [1.82, 2.24) is 9.88 Å². The second-order valence-electron chi connectivity index (χ2n) is 8.22. The number of benzene rings is 1. The molecule has 2 aromatic rings. The fourth-order valence-electron chi connectivity index (χ4n) is 3.43. The highest BCUT2D eigenvalue weighted by molar-refractivity contribution is 6.09. The Hall–Kier alpha value is -3.15. The Morgan fingerprint density at radius 2 is 1.93 bits per heavy atom. The van der Waals surface area contributed by atoms with Gasteiger partial charge < -0.3 is 14.7 Å². The number of nitrogens with zero attached hydrogens (tertiary/aromatic N) is 2. The van der Waals surface area contributed by atoms with E-state index in [1.165, 1.54) is 4.90 Å². The molecule has 0 spiro atoms. The molecule has 1 aromatic carbocycles. The summed E-state index contributed by atoms with van der Waals surface area (Å²) in [5, 5.41) is 10.6. The fraction of sp³-hybridized carbons (Fsp3) is 0.375. The third kappa shape index (κ3) is 4.53. The van der Waals surface area contributed by atoms with Gasteiger partial charge in [-0.05, 0) is 35.7 Å². The van der Waals surface area contributed by atoms with Gasteiger partial charge in [0.2, 0.25) is 0 Å². The zero-order chi connectivity index (χ0) is 21.8. The molecule has 30 heavy (non-hydrogen) atoms. The summed E-state index contributed by atoms with van der Waals surface area (Å²) in [5.41, 5.74) is 1.52. The van der Waals surface area contributed by atoms with E-state index < -0.39 is 17.7 Å². The highest BCUT2D eigenvalue weighted by Gasteiger charge is 2.44. The van der Waals surface area contributed by atoms with Gasteiger partial charge in [-0.1, -0.05) is 45.9 Å². The number of ether oxygens (including phenoxy) is 1. The molecule has 0 saturated carbocycles. The summed E-state index contributed by atoms with van der Waals surface area (Å²) < 4.78 is 5.84. The van der Waals surface area contributed by atoms with Crippen molar-refractivity contribution in [3.05, 3.63) is 71.3 Å². The minimum atomic E-state index is -0.697. The predicted molar refractivity (Wildman–Crippen MR) is 114 cm³/mol. The molecule has 6 heteroatoms. The molecule has 1 amide bonds. The van der Waals surface area contributed by atoms with E-state index in [9.17, 15) is 14.7 Å². The van der Waals surface area contributed by atoms with E-state index in [4.69, 9.17) is 4.74 Å². The molecule has 1 N–H and O–H groups in total. The Labute approximate surface area is 177 Å². The molecule has 1 aromatic heterocycles. The van der Waals surface area contributed by atoms with Crippen molar-refractivity contribution in [2.45, 2.75) is 40.3 Å². The summed E-state index contributed by atoms with van der Waals surface area (Å²) in [5.74, 6) is -0.625. The average molecular weight is 408 g/mol. The lowest BCUT2D eigenvalue weighted by Gasteiger charge is -2.27. The third-order valence-corrected chi connectivity index (χ3v) is 4.91. The smallest absolute Gasteiger partial charge is 0.290 e.